The SMILES string of the molecule is Cc1cccc(CC(=O)N2CCN(c3ccc(NC(=O)N(C)C)cc3)CC2)c1. The second-order valence-corrected chi connectivity index (χ2v) is 7.41. The molecule has 1 fully saturated rings. The van der Waals surface area contributed by atoms with E-state index in [2.05, 4.69) is 16.3 Å². The normalized spacial score (nSPS) is 14.0. The molecule has 0 aromatic heterocycles. The van der Waals surface area contributed by atoms with Crippen LogP contribution in [0.3, 0.4) is 0 Å². The first kappa shape index (κ1) is 19.7. The summed E-state index contributed by atoms with van der Waals surface area (Å²) in [5, 5.41) is 2.84. The fraction of sp³-hybridized carbons (Fsp3) is 0.364. The topological polar surface area (TPSA) is 55.9 Å². The van der Waals surface area contributed by atoms with Gasteiger partial charge in [-0.3, -0.25) is 4.79 Å². The minimum Gasteiger partial charge on any atom is -0.368 e. The Morgan fingerprint density at radius 3 is 2.29 bits per heavy atom. The summed E-state index contributed by atoms with van der Waals surface area (Å²) >= 11 is 0. The van der Waals surface area contributed by atoms with E-state index in [1.165, 1.54) is 10.5 Å². The minimum atomic E-state index is -0.145. The number of carbonyl (C=O) groups excluding carboxylic acids is 2. The third-order valence-corrected chi connectivity index (χ3v) is 4.96. The second kappa shape index (κ2) is 8.78. The van der Waals surface area contributed by atoms with Crippen molar-refractivity contribution in [3.05, 3.63) is 59.7 Å². The van der Waals surface area contributed by atoms with Gasteiger partial charge in [-0.1, -0.05) is 29.8 Å². The van der Waals surface area contributed by atoms with E-state index >= 15 is 0 Å². The lowest BCUT2D eigenvalue weighted by Crippen LogP contribution is -2.49. The van der Waals surface area contributed by atoms with Gasteiger partial charge < -0.3 is 20.0 Å². The maximum Gasteiger partial charge on any atom is 0.321 e. The highest BCUT2D eigenvalue weighted by Crippen LogP contribution is 2.20. The summed E-state index contributed by atoms with van der Waals surface area (Å²) in [5.41, 5.74) is 4.13. The molecule has 1 saturated heterocycles. The molecule has 0 radical (unpaired) electrons. The van der Waals surface area contributed by atoms with Crippen molar-refractivity contribution in [2.45, 2.75) is 13.3 Å². The Balaban J connectivity index is 1.52. The van der Waals surface area contributed by atoms with Crippen molar-refractivity contribution < 1.29 is 9.59 Å². The molecule has 1 aliphatic rings. The molecule has 0 atom stereocenters. The summed E-state index contributed by atoms with van der Waals surface area (Å²) in [6.07, 6.45) is 0.460. The van der Waals surface area contributed by atoms with Crippen LogP contribution in [0.15, 0.2) is 48.5 Å². The zero-order valence-corrected chi connectivity index (χ0v) is 16.8. The summed E-state index contributed by atoms with van der Waals surface area (Å²) < 4.78 is 0. The monoisotopic (exact) mass is 380 g/mol. The number of hydrogen-bond acceptors (Lipinski definition) is 3. The number of hydrogen-bond donors (Lipinski definition) is 1. The highest BCUT2D eigenvalue weighted by Gasteiger charge is 2.21. The van der Waals surface area contributed by atoms with Crippen molar-refractivity contribution in [3.63, 3.8) is 0 Å². The highest BCUT2D eigenvalue weighted by molar-refractivity contribution is 5.89. The van der Waals surface area contributed by atoms with E-state index in [9.17, 15) is 9.59 Å². The highest BCUT2D eigenvalue weighted by atomic mass is 16.2. The van der Waals surface area contributed by atoms with Gasteiger partial charge in [-0.15, -0.1) is 0 Å². The van der Waals surface area contributed by atoms with Crippen LogP contribution in [0.25, 0.3) is 0 Å². The lowest BCUT2D eigenvalue weighted by molar-refractivity contribution is -0.130. The molecule has 3 amide bonds. The molecule has 1 heterocycles. The van der Waals surface area contributed by atoms with Crippen molar-refractivity contribution in [2.75, 3.05) is 50.5 Å². The third kappa shape index (κ3) is 5.03. The number of urea groups is 1. The first-order chi connectivity index (χ1) is 13.4. The van der Waals surface area contributed by atoms with Gasteiger partial charge in [0.15, 0.2) is 0 Å². The zero-order chi connectivity index (χ0) is 20.1. The molecule has 3 rings (SSSR count). The Kier molecular flexibility index (Phi) is 6.19. The zero-order valence-electron chi connectivity index (χ0n) is 16.8. The Hall–Kier alpha value is -3.02. The van der Waals surface area contributed by atoms with Gasteiger partial charge >= 0.3 is 6.03 Å². The summed E-state index contributed by atoms with van der Waals surface area (Å²) in [6.45, 7) is 5.11. The first-order valence-corrected chi connectivity index (χ1v) is 9.59. The number of anilines is 2. The van der Waals surface area contributed by atoms with E-state index in [4.69, 9.17) is 0 Å². The molecular formula is C22H28N4O2. The van der Waals surface area contributed by atoms with Crippen molar-refractivity contribution in [3.8, 4) is 0 Å². The Morgan fingerprint density at radius 1 is 1.00 bits per heavy atom. The molecule has 0 unspecified atom stereocenters. The lowest BCUT2D eigenvalue weighted by Gasteiger charge is -2.36. The molecule has 6 nitrogen and oxygen atoms in total. The molecule has 0 aliphatic carbocycles. The molecule has 6 heteroatoms. The molecule has 0 saturated carbocycles. The number of piperazine rings is 1. The standard InChI is InChI=1S/C22H28N4O2/c1-17-5-4-6-18(15-17)16-21(27)26-13-11-25(12-14-26)20-9-7-19(8-10-20)23-22(28)24(2)3/h4-10,15H,11-14,16H2,1-3H3,(H,23,28). The summed E-state index contributed by atoms with van der Waals surface area (Å²) in [4.78, 5) is 30.0. The number of nitrogens with zero attached hydrogens (tertiary/aromatic N) is 3. The van der Waals surface area contributed by atoms with Gasteiger partial charge in [0, 0.05) is 51.6 Å². The van der Waals surface area contributed by atoms with Gasteiger partial charge in [0.25, 0.3) is 0 Å². The summed E-state index contributed by atoms with van der Waals surface area (Å²) in [7, 11) is 3.42. The first-order valence-electron chi connectivity index (χ1n) is 9.59. The van der Waals surface area contributed by atoms with Gasteiger partial charge in [0.2, 0.25) is 5.91 Å². The molecule has 2 aromatic rings. The van der Waals surface area contributed by atoms with Crippen LogP contribution < -0.4 is 10.2 Å². The quantitative estimate of drug-likeness (QED) is 0.887. The second-order valence-electron chi connectivity index (χ2n) is 7.41. The smallest absolute Gasteiger partial charge is 0.321 e. The van der Waals surface area contributed by atoms with E-state index in [-0.39, 0.29) is 11.9 Å². The van der Waals surface area contributed by atoms with Crippen molar-refractivity contribution in [1.82, 2.24) is 9.80 Å². The Labute approximate surface area is 166 Å². The fourth-order valence-electron chi connectivity index (χ4n) is 3.31. The van der Waals surface area contributed by atoms with E-state index in [0.717, 1.165) is 43.1 Å². The maximum atomic E-state index is 12.6. The average molecular weight is 380 g/mol. The van der Waals surface area contributed by atoms with Crippen LogP contribution in [0.1, 0.15) is 11.1 Å². The predicted molar refractivity (Wildman–Crippen MR) is 113 cm³/mol. The van der Waals surface area contributed by atoms with Gasteiger partial charge in [-0.2, -0.15) is 0 Å². The Bertz CT molecular complexity index is 825. The molecular weight excluding hydrogens is 352 g/mol. The van der Waals surface area contributed by atoms with Crippen LogP contribution in [0, 0.1) is 6.92 Å². The Morgan fingerprint density at radius 2 is 1.68 bits per heavy atom. The summed E-state index contributed by atoms with van der Waals surface area (Å²) in [6, 6.07) is 15.8. The number of nitrogens with one attached hydrogen (secondary N) is 1. The molecule has 1 N–H and O–H groups in total. The van der Waals surface area contributed by atoms with E-state index in [1.807, 2.05) is 54.3 Å². The number of amides is 3. The van der Waals surface area contributed by atoms with Crippen LogP contribution in [-0.4, -0.2) is 62.0 Å². The van der Waals surface area contributed by atoms with Gasteiger partial charge in [-0.05, 0) is 36.8 Å². The van der Waals surface area contributed by atoms with Crippen molar-refractivity contribution in [1.29, 1.82) is 0 Å². The molecule has 2 aromatic carbocycles. The van der Waals surface area contributed by atoms with Crippen LogP contribution >= 0.6 is 0 Å². The fourth-order valence-corrected chi connectivity index (χ4v) is 3.31. The maximum absolute atomic E-state index is 12.6. The van der Waals surface area contributed by atoms with Crippen LogP contribution in [0.5, 0.6) is 0 Å². The average Bonchev–Trinajstić information content (AvgIpc) is 2.68. The molecule has 0 bridgehead atoms. The van der Waals surface area contributed by atoms with Gasteiger partial charge in [-0.25, -0.2) is 4.79 Å². The molecule has 28 heavy (non-hydrogen) atoms. The number of rotatable bonds is 4. The number of aryl methyl sites for hydroxylation is 1. The van der Waals surface area contributed by atoms with Crippen LogP contribution in [-0.2, 0) is 11.2 Å². The molecule has 148 valence electrons. The predicted octanol–water partition coefficient (Wildman–Crippen LogP) is 2.98. The van der Waals surface area contributed by atoms with Gasteiger partial charge in [0.1, 0.15) is 0 Å². The number of carbonyl (C=O) groups is 2. The van der Waals surface area contributed by atoms with Crippen molar-refractivity contribution >= 4 is 23.3 Å². The third-order valence-electron chi connectivity index (χ3n) is 4.96. The van der Waals surface area contributed by atoms with E-state index in [0.29, 0.717) is 6.42 Å². The van der Waals surface area contributed by atoms with E-state index < -0.39 is 0 Å². The summed E-state index contributed by atoms with van der Waals surface area (Å²) in [5.74, 6) is 0.187. The molecule has 0 spiro atoms. The number of benzene rings is 2. The minimum absolute atomic E-state index is 0.145. The van der Waals surface area contributed by atoms with Crippen molar-refractivity contribution in [2.24, 2.45) is 0 Å². The van der Waals surface area contributed by atoms with Crippen LogP contribution in [0.4, 0.5) is 16.2 Å². The molecule has 1 aliphatic heterocycles. The van der Waals surface area contributed by atoms with Gasteiger partial charge in [0.05, 0.1) is 6.42 Å². The van der Waals surface area contributed by atoms with Crippen LogP contribution in [0.2, 0.25) is 0 Å². The largest absolute Gasteiger partial charge is 0.368 e. The van der Waals surface area contributed by atoms with E-state index in [1.54, 1.807) is 14.1 Å². The lowest BCUT2D eigenvalue weighted by atomic mass is 10.1.